The molecule has 0 saturated heterocycles. The first-order valence-electron chi connectivity index (χ1n) is 6.14. The summed E-state index contributed by atoms with van der Waals surface area (Å²) in [6.45, 7) is 3.59. The van der Waals surface area contributed by atoms with Gasteiger partial charge in [-0.2, -0.15) is 0 Å². The quantitative estimate of drug-likeness (QED) is 0.766. The average Bonchev–Trinajstić information content (AvgIpc) is 2.28. The molecule has 19 heavy (non-hydrogen) atoms. The van der Waals surface area contributed by atoms with Crippen LogP contribution in [-0.2, 0) is 0 Å². The first-order chi connectivity index (χ1) is 8.53. The van der Waals surface area contributed by atoms with Gasteiger partial charge < -0.3 is 0 Å². The Balaban J connectivity index is 3.14. The summed E-state index contributed by atoms with van der Waals surface area (Å²) in [4.78, 5) is 1.76. The fourth-order valence-electron chi connectivity index (χ4n) is 1.79. The van der Waals surface area contributed by atoms with Gasteiger partial charge in [0.15, 0.2) is 0 Å². The van der Waals surface area contributed by atoms with Crippen LogP contribution in [0.4, 0.5) is 12.6 Å². The van der Waals surface area contributed by atoms with Crippen LogP contribution in [0.5, 0.6) is 0 Å². The molecule has 0 bridgehead atoms. The summed E-state index contributed by atoms with van der Waals surface area (Å²) in [5.41, 5.74) is 0.941. The molecule has 1 aromatic rings. The molecule has 1 aromatic carbocycles. The van der Waals surface area contributed by atoms with Gasteiger partial charge in [-0.25, -0.2) is 0 Å². The van der Waals surface area contributed by atoms with E-state index in [1.807, 2.05) is 0 Å². The number of halogens is 3. The number of benzene rings is 1. The molecule has 0 aromatic heterocycles. The molecule has 110 valence electrons. The second-order valence-electron chi connectivity index (χ2n) is 5.25. The zero-order valence-electron chi connectivity index (χ0n) is 12.1. The number of likely N-dealkylation sites (N-methyl/N-ethyl adjacent to an activating group) is 2. The molecule has 0 spiro atoms. The van der Waals surface area contributed by atoms with Crippen molar-refractivity contribution in [2.75, 3.05) is 34.2 Å². The molecular weight excluding hydrogens is 272 g/mol. The molecule has 0 aliphatic rings. The van der Waals surface area contributed by atoms with E-state index in [0.29, 0.717) is 22.3 Å². The van der Waals surface area contributed by atoms with Gasteiger partial charge in [-0.1, -0.05) is 0 Å². The summed E-state index contributed by atoms with van der Waals surface area (Å²) in [5.74, 6) is 0. The molecule has 0 radical (unpaired) electrons. The first kappa shape index (κ1) is 16.4. The van der Waals surface area contributed by atoms with Gasteiger partial charge in [0, 0.05) is 0 Å². The SMILES string of the molecule is Cc1ccc(C)c(P(F)(F)(F)N(C)CCN(C)C)c1. The number of hydrogen-bond donors (Lipinski definition) is 0. The second-order valence-corrected chi connectivity index (χ2v) is 7.96. The van der Waals surface area contributed by atoms with Crippen molar-refractivity contribution in [1.29, 1.82) is 0 Å². The fraction of sp³-hybridized carbons (Fsp3) is 0.538. The molecule has 0 N–H and O–H groups in total. The Kier molecular flexibility index (Phi) is 4.66. The van der Waals surface area contributed by atoms with E-state index in [1.54, 1.807) is 38.1 Å². The molecule has 0 aliphatic carbocycles. The molecule has 0 fully saturated rings. The molecule has 2 nitrogen and oxygen atoms in total. The van der Waals surface area contributed by atoms with Crippen molar-refractivity contribution >= 4 is 13.0 Å². The van der Waals surface area contributed by atoms with Crippen LogP contribution in [-0.4, -0.2) is 43.8 Å². The Bertz CT molecular complexity index is 455. The number of rotatable bonds is 5. The number of nitrogens with zero attached hydrogens (tertiary/aromatic N) is 2. The maximum atomic E-state index is 14.5. The molecule has 0 atom stereocenters. The molecular formula is C13H22F3N2P. The zero-order valence-corrected chi connectivity index (χ0v) is 13.0. The Morgan fingerprint density at radius 1 is 1.00 bits per heavy atom. The van der Waals surface area contributed by atoms with Crippen LogP contribution in [0.2, 0.25) is 0 Å². The van der Waals surface area contributed by atoms with Gasteiger partial charge in [-0.15, -0.1) is 0 Å². The first-order valence-corrected chi connectivity index (χ1v) is 8.00. The van der Waals surface area contributed by atoms with Crippen LogP contribution in [0.1, 0.15) is 11.1 Å². The standard InChI is InChI=1S/C13H22F3N2P/c1-11-6-7-12(2)13(10-11)19(14,15,16)18(5)9-8-17(3)4/h6-7,10H,8-9H2,1-5H3. The molecule has 0 amide bonds. The van der Waals surface area contributed by atoms with E-state index < -0.39 is 13.0 Å². The number of aryl methyl sites for hydroxylation is 2. The van der Waals surface area contributed by atoms with Crippen molar-refractivity contribution in [3.8, 4) is 0 Å². The van der Waals surface area contributed by atoms with E-state index in [4.69, 9.17) is 0 Å². The molecule has 6 heteroatoms. The maximum absolute atomic E-state index is 14.5. The molecule has 0 heterocycles. The number of hydrogen-bond acceptors (Lipinski definition) is 2. The molecule has 0 aliphatic heterocycles. The third-order valence-electron chi connectivity index (χ3n) is 3.17. The summed E-state index contributed by atoms with van der Waals surface area (Å²) in [6, 6.07) is 4.52. The van der Waals surface area contributed by atoms with Crippen LogP contribution in [0.15, 0.2) is 18.2 Å². The van der Waals surface area contributed by atoms with E-state index in [0.717, 1.165) is 7.05 Å². The van der Waals surface area contributed by atoms with Crippen LogP contribution in [0.3, 0.4) is 0 Å². The van der Waals surface area contributed by atoms with Crippen molar-refractivity contribution in [2.45, 2.75) is 13.8 Å². The van der Waals surface area contributed by atoms with Crippen LogP contribution in [0, 0.1) is 13.8 Å². The predicted molar refractivity (Wildman–Crippen MR) is 77.0 cm³/mol. The minimum atomic E-state index is -6.50. The Hall–Kier alpha value is -0.640. The molecule has 0 saturated carbocycles. The van der Waals surface area contributed by atoms with E-state index in [1.165, 1.54) is 13.0 Å². The van der Waals surface area contributed by atoms with Crippen molar-refractivity contribution in [3.63, 3.8) is 0 Å². The fourth-order valence-corrected chi connectivity index (χ4v) is 3.62. The topological polar surface area (TPSA) is 6.48 Å². The predicted octanol–water partition coefficient (Wildman–Crippen LogP) is 3.54. The normalized spacial score (nSPS) is 14.7. The van der Waals surface area contributed by atoms with Crippen LogP contribution >= 0.6 is 7.69 Å². The van der Waals surface area contributed by atoms with E-state index in [-0.39, 0.29) is 6.54 Å². The summed E-state index contributed by atoms with van der Waals surface area (Å²) in [5, 5.41) is -0.452. The summed E-state index contributed by atoms with van der Waals surface area (Å²) >= 11 is 0. The van der Waals surface area contributed by atoms with Gasteiger partial charge in [0.05, 0.1) is 0 Å². The zero-order chi connectivity index (χ0) is 14.9. The third kappa shape index (κ3) is 3.68. The van der Waals surface area contributed by atoms with E-state index in [2.05, 4.69) is 0 Å². The van der Waals surface area contributed by atoms with Gasteiger partial charge in [0.2, 0.25) is 0 Å². The average molecular weight is 294 g/mol. The Labute approximate surface area is 113 Å². The summed E-state index contributed by atoms with van der Waals surface area (Å²) in [6.07, 6.45) is 0. The Morgan fingerprint density at radius 3 is 2.11 bits per heavy atom. The van der Waals surface area contributed by atoms with Gasteiger partial charge in [0.25, 0.3) is 0 Å². The monoisotopic (exact) mass is 294 g/mol. The van der Waals surface area contributed by atoms with Gasteiger partial charge in [-0.3, -0.25) is 0 Å². The van der Waals surface area contributed by atoms with Crippen molar-refractivity contribution in [2.24, 2.45) is 0 Å². The summed E-state index contributed by atoms with van der Waals surface area (Å²) in [7, 11) is -1.80. The van der Waals surface area contributed by atoms with Crippen molar-refractivity contribution in [3.05, 3.63) is 29.3 Å². The minimum absolute atomic E-state index is 0.0122. The second kappa shape index (κ2) is 5.39. The van der Waals surface area contributed by atoms with Crippen molar-refractivity contribution in [1.82, 2.24) is 9.57 Å². The van der Waals surface area contributed by atoms with E-state index >= 15 is 0 Å². The van der Waals surface area contributed by atoms with Gasteiger partial charge in [0.1, 0.15) is 0 Å². The van der Waals surface area contributed by atoms with Gasteiger partial charge >= 0.3 is 113 Å². The summed E-state index contributed by atoms with van der Waals surface area (Å²) < 4.78 is 44.1. The Morgan fingerprint density at radius 2 is 1.58 bits per heavy atom. The van der Waals surface area contributed by atoms with Gasteiger partial charge in [-0.05, 0) is 0 Å². The van der Waals surface area contributed by atoms with Crippen LogP contribution in [0.25, 0.3) is 0 Å². The van der Waals surface area contributed by atoms with Crippen molar-refractivity contribution < 1.29 is 12.6 Å². The third-order valence-corrected chi connectivity index (χ3v) is 5.73. The van der Waals surface area contributed by atoms with E-state index in [9.17, 15) is 12.6 Å². The molecule has 1 rings (SSSR count). The van der Waals surface area contributed by atoms with Crippen LogP contribution < -0.4 is 5.30 Å². The molecule has 0 unspecified atom stereocenters.